The third-order valence-corrected chi connectivity index (χ3v) is 8.05. The summed E-state index contributed by atoms with van der Waals surface area (Å²) in [6.45, 7) is 3.00. The van der Waals surface area contributed by atoms with Gasteiger partial charge in [0.1, 0.15) is 30.5 Å². The minimum absolute atomic E-state index is 0.220. The first-order chi connectivity index (χ1) is 21.4. The lowest BCUT2D eigenvalue weighted by Crippen LogP contribution is -2.61. The number of carbonyl (C=O) groups excluding carboxylic acids is 1. The van der Waals surface area contributed by atoms with E-state index in [0.29, 0.717) is 12.8 Å². The molecule has 0 bridgehead atoms. The summed E-state index contributed by atoms with van der Waals surface area (Å²) in [4.78, 5) is 12.8. The van der Waals surface area contributed by atoms with E-state index in [0.717, 1.165) is 70.6 Å². The number of amides is 1. The van der Waals surface area contributed by atoms with E-state index in [1.165, 1.54) is 6.08 Å². The summed E-state index contributed by atoms with van der Waals surface area (Å²) in [5, 5.41) is 54.3. The fourth-order valence-electron chi connectivity index (χ4n) is 4.85. The van der Waals surface area contributed by atoms with Gasteiger partial charge in [0.25, 0.3) is 0 Å². The van der Waals surface area contributed by atoms with E-state index < -0.39 is 78.5 Å². The summed E-state index contributed by atoms with van der Waals surface area (Å²) in [5.41, 5.74) is 0. The fraction of sp³-hybridized carbons (Fsp3) is 0.839. The molecule has 0 spiro atoms. The molecule has 1 aliphatic rings. The van der Waals surface area contributed by atoms with Crippen LogP contribution >= 0.6 is 0 Å². The molecule has 0 aliphatic carbocycles. The predicted octanol–water partition coefficient (Wildman–Crippen LogP) is 2.45. The maximum Gasteiger partial charge on any atom is 0.397 e. The Labute approximate surface area is 268 Å². The van der Waals surface area contributed by atoms with Crippen molar-refractivity contribution in [3.05, 3.63) is 24.3 Å². The van der Waals surface area contributed by atoms with Crippen LogP contribution in [0.4, 0.5) is 0 Å². The van der Waals surface area contributed by atoms with Crippen LogP contribution in [0.15, 0.2) is 24.3 Å². The second kappa shape index (κ2) is 23.8. The first-order valence-corrected chi connectivity index (χ1v) is 17.7. The number of hydrogen-bond acceptors (Lipinski definition) is 11. The number of carbonyl (C=O) groups is 1. The standard InChI is InChI=1S/C31H57NO12S/c1-3-5-7-9-11-12-14-16-18-20-25(35)30(38)32-23(24(34)19-17-15-13-10-8-6-4-2)22-42-31-28(37)29(44-45(39,40)41)27(36)26(21-33)43-31/h9,11,17,19,23-29,31,33-37H,3-8,10,12-16,18,20-22H2,1-2H3,(H,32,38)(H,39,40,41)/b11-9-,19-17+. The van der Waals surface area contributed by atoms with E-state index in [-0.39, 0.29) is 6.42 Å². The van der Waals surface area contributed by atoms with Gasteiger partial charge in [-0.3, -0.25) is 9.35 Å². The van der Waals surface area contributed by atoms with E-state index in [1.807, 2.05) is 0 Å². The van der Waals surface area contributed by atoms with Crippen molar-refractivity contribution in [1.82, 2.24) is 5.32 Å². The van der Waals surface area contributed by atoms with Crippen LogP contribution in [0.5, 0.6) is 0 Å². The molecule has 13 nitrogen and oxygen atoms in total. The molecule has 45 heavy (non-hydrogen) atoms. The lowest BCUT2D eigenvalue weighted by atomic mass is 9.99. The minimum Gasteiger partial charge on any atom is -0.394 e. The smallest absolute Gasteiger partial charge is 0.394 e. The summed E-state index contributed by atoms with van der Waals surface area (Å²) in [5.74, 6) is -0.726. The Bertz CT molecular complexity index is 947. The summed E-state index contributed by atoms with van der Waals surface area (Å²) in [7, 11) is -5.10. The van der Waals surface area contributed by atoms with Crippen LogP contribution in [-0.2, 0) is 28.9 Å². The third kappa shape index (κ3) is 17.9. The topological polar surface area (TPSA) is 212 Å². The molecule has 1 heterocycles. The quantitative estimate of drug-likeness (QED) is 0.0425. The number of ether oxygens (including phenoxy) is 2. The van der Waals surface area contributed by atoms with Gasteiger partial charge in [0.15, 0.2) is 6.29 Å². The number of aliphatic hydroxyl groups excluding tert-OH is 5. The van der Waals surface area contributed by atoms with Gasteiger partial charge in [0.2, 0.25) is 5.91 Å². The molecule has 0 aromatic heterocycles. The van der Waals surface area contributed by atoms with Crippen LogP contribution in [0.3, 0.4) is 0 Å². The monoisotopic (exact) mass is 667 g/mol. The van der Waals surface area contributed by atoms with Gasteiger partial charge in [-0.15, -0.1) is 0 Å². The Morgan fingerprint density at radius 1 is 0.889 bits per heavy atom. The van der Waals surface area contributed by atoms with Crippen molar-refractivity contribution >= 4 is 16.3 Å². The SMILES string of the molecule is CCCC/C=C\CCCCCC(O)C(=O)NC(COC1OC(CO)C(O)C(OS(=O)(=O)O)C1O)C(O)/C=C/CCCCCCC. The molecule has 14 heteroatoms. The Morgan fingerprint density at radius 3 is 2.11 bits per heavy atom. The van der Waals surface area contributed by atoms with E-state index in [2.05, 4.69) is 35.5 Å². The van der Waals surface area contributed by atoms with Crippen molar-refractivity contribution in [2.75, 3.05) is 13.2 Å². The molecule has 8 atom stereocenters. The summed E-state index contributed by atoms with van der Waals surface area (Å²) >= 11 is 0. The van der Waals surface area contributed by atoms with E-state index in [9.17, 15) is 38.7 Å². The Morgan fingerprint density at radius 2 is 1.49 bits per heavy atom. The summed E-state index contributed by atoms with van der Waals surface area (Å²) in [6, 6.07) is -1.12. The molecular weight excluding hydrogens is 610 g/mol. The summed E-state index contributed by atoms with van der Waals surface area (Å²) in [6.07, 6.45) is 9.16. The number of allylic oxidation sites excluding steroid dienone is 3. The average Bonchev–Trinajstić information content (AvgIpc) is 2.99. The summed E-state index contributed by atoms with van der Waals surface area (Å²) < 4.78 is 46.9. The van der Waals surface area contributed by atoms with Gasteiger partial charge in [0, 0.05) is 0 Å². The Kier molecular flexibility index (Phi) is 22.0. The lowest BCUT2D eigenvalue weighted by molar-refractivity contribution is -0.298. The van der Waals surface area contributed by atoms with Crippen molar-refractivity contribution in [2.45, 2.75) is 153 Å². The number of unbranched alkanes of at least 4 members (excludes halogenated alkanes) is 10. The maximum atomic E-state index is 12.8. The van der Waals surface area contributed by atoms with Crippen LogP contribution in [0, 0.1) is 0 Å². The van der Waals surface area contributed by atoms with E-state index >= 15 is 0 Å². The van der Waals surface area contributed by atoms with Gasteiger partial charge in [0.05, 0.1) is 25.4 Å². The van der Waals surface area contributed by atoms with Crippen molar-refractivity contribution < 1.29 is 57.0 Å². The molecule has 7 N–H and O–H groups in total. The van der Waals surface area contributed by atoms with Gasteiger partial charge in [-0.2, -0.15) is 8.42 Å². The zero-order valence-electron chi connectivity index (χ0n) is 26.8. The molecule has 264 valence electrons. The van der Waals surface area contributed by atoms with Crippen molar-refractivity contribution in [1.29, 1.82) is 0 Å². The second-order valence-corrected chi connectivity index (χ2v) is 12.6. The first-order valence-electron chi connectivity index (χ1n) is 16.3. The normalized spacial score (nSPS) is 24.7. The van der Waals surface area contributed by atoms with Crippen molar-refractivity contribution in [3.63, 3.8) is 0 Å². The lowest BCUT2D eigenvalue weighted by Gasteiger charge is -2.41. The van der Waals surface area contributed by atoms with Crippen LogP contribution in [0.1, 0.15) is 104 Å². The maximum absolute atomic E-state index is 12.8. The zero-order valence-corrected chi connectivity index (χ0v) is 27.6. The van der Waals surface area contributed by atoms with Crippen molar-refractivity contribution in [3.8, 4) is 0 Å². The van der Waals surface area contributed by atoms with Gasteiger partial charge in [-0.05, 0) is 38.5 Å². The molecule has 0 saturated carbocycles. The fourth-order valence-corrected chi connectivity index (χ4v) is 5.36. The molecule has 1 aliphatic heterocycles. The van der Waals surface area contributed by atoms with Crippen LogP contribution < -0.4 is 5.32 Å². The van der Waals surface area contributed by atoms with Crippen LogP contribution in [-0.4, -0.2) is 107 Å². The number of hydrogen-bond donors (Lipinski definition) is 7. The highest BCUT2D eigenvalue weighted by molar-refractivity contribution is 7.80. The highest BCUT2D eigenvalue weighted by Crippen LogP contribution is 2.26. The molecule has 1 saturated heterocycles. The van der Waals surface area contributed by atoms with Crippen molar-refractivity contribution in [2.24, 2.45) is 0 Å². The second-order valence-electron chi connectivity index (χ2n) is 11.5. The highest BCUT2D eigenvalue weighted by atomic mass is 32.3. The molecule has 0 aromatic rings. The third-order valence-electron chi connectivity index (χ3n) is 7.58. The highest BCUT2D eigenvalue weighted by Gasteiger charge is 2.48. The molecule has 8 unspecified atom stereocenters. The van der Waals surface area contributed by atoms with E-state index in [4.69, 9.17) is 14.0 Å². The minimum atomic E-state index is -5.10. The zero-order chi connectivity index (χ0) is 33.7. The van der Waals surface area contributed by atoms with Crippen LogP contribution in [0.25, 0.3) is 0 Å². The Balaban J connectivity index is 2.82. The van der Waals surface area contributed by atoms with E-state index in [1.54, 1.807) is 6.08 Å². The molecule has 1 amide bonds. The largest absolute Gasteiger partial charge is 0.397 e. The molecular formula is C31H57NO12S. The first kappa shape index (κ1) is 41.6. The molecule has 0 radical (unpaired) electrons. The van der Waals surface area contributed by atoms with Gasteiger partial charge in [-0.1, -0.05) is 89.5 Å². The average molecular weight is 668 g/mol. The Hall–Kier alpha value is -1.46. The van der Waals surface area contributed by atoms with Gasteiger partial charge in [-0.25, -0.2) is 4.18 Å². The van der Waals surface area contributed by atoms with Gasteiger partial charge >= 0.3 is 10.4 Å². The molecule has 1 rings (SSSR count). The number of rotatable bonds is 25. The van der Waals surface area contributed by atoms with Crippen LogP contribution in [0.2, 0.25) is 0 Å². The number of nitrogens with one attached hydrogen (secondary N) is 1. The number of aliphatic hydroxyl groups is 5. The molecule has 0 aromatic carbocycles. The predicted molar refractivity (Wildman–Crippen MR) is 168 cm³/mol. The van der Waals surface area contributed by atoms with Gasteiger partial charge < -0.3 is 40.3 Å². The molecule has 1 fully saturated rings.